The van der Waals surface area contributed by atoms with E-state index in [4.69, 9.17) is 5.11 Å². The molecule has 1 heterocycles. The van der Waals surface area contributed by atoms with Crippen LogP contribution >= 0.6 is 15.9 Å². The third kappa shape index (κ3) is 3.18. The molecule has 0 aliphatic carbocycles. The molecule has 0 aromatic carbocycles. The van der Waals surface area contributed by atoms with Gasteiger partial charge in [-0.1, -0.05) is 0 Å². The zero-order chi connectivity index (χ0) is 11.4. The number of pyridine rings is 1. The Bertz CT molecular complexity index is 328. The van der Waals surface area contributed by atoms with Gasteiger partial charge in [-0.25, -0.2) is 4.98 Å². The maximum absolute atomic E-state index is 8.99. The number of aryl methyl sites for hydroxylation is 1. The molecule has 0 amide bonds. The molecule has 0 fully saturated rings. The lowest BCUT2D eigenvalue weighted by molar-refractivity contribution is 0.298. The molecule has 1 aromatic heterocycles. The molecule has 0 aliphatic heterocycles. The Morgan fingerprint density at radius 1 is 1.53 bits per heavy atom. The van der Waals surface area contributed by atoms with Gasteiger partial charge in [0.25, 0.3) is 0 Å². The van der Waals surface area contributed by atoms with E-state index in [1.54, 1.807) is 6.20 Å². The number of nitrogens with zero attached hydrogens (tertiary/aromatic N) is 2. The lowest BCUT2D eigenvalue weighted by Gasteiger charge is -2.27. The van der Waals surface area contributed by atoms with Crippen LogP contribution in [0.4, 0.5) is 5.82 Å². The summed E-state index contributed by atoms with van der Waals surface area (Å²) in [6.45, 7) is 6.98. The Morgan fingerprint density at radius 3 is 2.67 bits per heavy atom. The maximum Gasteiger partial charge on any atom is 0.129 e. The number of aliphatic hydroxyl groups excluding tert-OH is 1. The van der Waals surface area contributed by atoms with E-state index < -0.39 is 0 Å². The van der Waals surface area contributed by atoms with Crippen molar-refractivity contribution in [2.45, 2.75) is 26.8 Å². The molecule has 0 bridgehead atoms. The number of halogens is 1. The van der Waals surface area contributed by atoms with Crippen molar-refractivity contribution in [3.05, 3.63) is 22.3 Å². The largest absolute Gasteiger partial charge is 0.395 e. The third-order valence-electron chi connectivity index (χ3n) is 2.29. The standard InChI is InChI=1S/C11H17BrN2O/c1-8(2)14(4-5-15)11-6-9(3)10(12)7-13-11/h6-8,15H,4-5H2,1-3H3. The van der Waals surface area contributed by atoms with Gasteiger partial charge in [0.15, 0.2) is 0 Å². The lowest BCUT2D eigenvalue weighted by atomic mass is 10.2. The number of anilines is 1. The van der Waals surface area contributed by atoms with E-state index >= 15 is 0 Å². The molecule has 84 valence electrons. The summed E-state index contributed by atoms with van der Waals surface area (Å²) in [5.74, 6) is 0.916. The molecule has 0 saturated heterocycles. The van der Waals surface area contributed by atoms with Gasteiger partial charge in [0.05, 0.1) is 6.61 Å². The number of aromatic nitrogens is 1. The highest BCUT2D eigenvalue weighted by molar-refractivity contribution is 9.10. The average Bonchev–Trinajstić information content (AvgIpc) is 2.18. The van der Waals surface area contributed by atoms with Crippen LogP contribution in [0, 0.1) is 6.92 Å². The summed E-state index contributed by atoms with van der Waals surface area (Å²) < 4.78 is 1.01. The smallest absolute Gasteiger partial charge is 0.129 e. The van der Waals surface area contributed by atoms with E-state index in [2.05, 4.69) is 39.7 Å². The molecular formula is C11H17BrN2O. The molecule has 1 aromatic rings. The highest BCUT2D eigenvalue weighted by atomic mass is 79.9. The molecule has 0 atom stereocenters. The summed E-state index contributed by atoms with van der Waals surface area (Å²) in [5.41, 5.74) is 1.16. The summed E-state index contributed by atoms with van der Waals surface area (Å²) in [6, 6.07) is 2.37. The Balaban J connectivity index is 2.95. The van der Waals surface area contributed by atoms with Crippen molar-refractivity contribution in [3.63, 3.8) is 0 Å². The summed E-state index contributed by atoms with van der Waals surface area (Å²) in [4.78, 5) is 6.43. The van der Waals surface area contributed by atoms with Gasteiger partial charge in [-0.05, 0) is 48.3 Å². The molecular weight excluding hydrogens is 256 g/mol. The molecule has 15 heavy (non-hydrogen) atoms. The van der Waals surface area contributed by atoms with E-state index in [9.17, 15) is 0 Å². The van der Waals surface area contributed by atoms with E-state index in [-0.39, 0.29) is 6.61 Å². The SMILES string of the molecule is Cc1cc(N(CCO)C(C)C)ncc1Br. The second-order valence-corrected chi connectivity index (χ2v) is 4.66. The van der Waals surface area contributed by atoms with Gasteiger partial charge < -0.3 is 10.0 Å². The predicted octanol–water partition coefficient (Wildman–Crippen LogP) is 2.36. The molecule has 3 nitrogen and oxygen atoms in total. The van der Waals surface area contributed by atoms with Crippen molar-refractivity contribution < 1.29 is 5.11 Å². The minimum atomic E-state index is 0.148. The van der Waals surface area contributed by atoms with E-state index in [0.717, 1.165) is 15.9 Å². The summed E-state index contributed by atoms with van der Waals surface area (Å²) in [6.07, 6.45) is 1.80. The zero-order valence-corrected chi connectivity index (χ0v) is 11.0. The first kappa shape index (κ1) is 12.5. The van der Waals surface area contributed by atoms with Crippen LogP contribution in [0.25, 0.3) is 0 Å². The van der Waals surface area contributed by atoms with Crippen molar-refractivity contribution in [3.8, 4) is 0 Å². The van der Waals surface area contributed by atoms with Gasteiger partial charge in [0.1, 0.15) is 5.82 Å². The van der Waals surface area contributed by atoms with Crippen molar-refractivity contribution in [2.75, 3.05) is 18.1 Å². The zero-order valence-electron chi connectivity index (χ0n) is 9.37. The first-order valence-corrected chi connectivity index (χ1v) is 5.85. The van der Waals surface area contributed by atoms with Crippen LogP contribution in [0.3, 0.4) is 0 Å². The van der Waals surface area contributed by atoms with Crippen LogP contribution in [0.5, 0.6) is 0 Å². The molecule has 0 spiro atoms. The first-order chi connectivity index (χ1) is 7.06. The van der Waals surface area contributed by atoms with Crippen LogP contribution in [-0.4, -0.2) is 29.3 Å². The van der Waals surface area contributed by atoms with Crippen LogP contribution < -0.4 is 4.90 Å². The molecule has 0 radical (unpaired) electrons. The average molecular weight is 273 g/mol. The fourth-order valence-corrected chi connectivity index (χ4v) is 1.64. The van der Waals surface area contributed by atoms with Crippen molar-refractivity contribution in [1.82, 2.24) is 4.98 Å². The molecule has 4 heteroatoms. The molecule has 0 saturated carbocycles. The molecule has 0 aliphatic rings. The lowest BCUT2D eigenvalue weighted by Crippen LogP contribution is -2.34. The van der Waals surface area contributed by atoms with Crippen molar-refractivity contribution in [1.29, 1.82) is 0 Å². The minimum Gasteiger partial charge on any atom is -0.395 e. The van der Waals surface area contributed by atoms with Crippen LogP contribution in [0.1, 0.15) is 19.4 Å². The normalized spacial score (nSPS) is 10.8. The molecule has 0 unspecified atom stereocenters. The fraction of sp³-hybridized carbons (Fsp3) is 0.545. The molecule has 1 N–H and O–H groups in total. The summed E-state index contributed by atoms with van der Waals surface area (Å²) in [5, 5.41) is 8.99. The van der Waals surface area contributed by atoms with Crippen LogP contribution in [0.2, 0.25) is 0 Å². The van der Waals surface area contributed by atoms with Gasteiger partial charge in [0, 0.05) is 23.3 Å². The van der Waals surface area contributed by atoms with Crippen LogP contribution in [-0.2, 0) is 0 Å². The number of hydrogen-bond donors (Lipinski definition) is 1. The topological polar surface area (TPSA) is 36.4 Å². The van der Waals surface area contributed by atoms with Crippen molar-refractivity contribution >= 4 is 21.7 Å². The number of hydrogen-bond acceptors (Lipinski definition) is 3. The predicted molar refractivity (Wildman–Crippen MR) is 66.2 cm³/mol. The Morgan fingerprint density at radius 2 is 2.20 bits per heavy atom. The Kier molecular flexibility index (Phi) is 4.54. The van der Waals surface area contributed by atoms with Gasteiger partial charge in [-0.15, -0.1) is 0 Å². The highest BCUT2D eigenvalue weighted by Gasteiger charge is 2.11. The van der Waals surface area contributed by atoms with Crippen molar-refractivity contribution in [2.24, 2.45) is 0 Å². The van der Waals surface area contributed by atoms with E-state index in [1.807, 2.05) is 13.0 Å². The number of aliphatic hydroxyl groups is 1. The van der Waals surface area contributed by atoms with E-state index in [0.29, 0.717) is 12.6 Å². The Labute approximate surface area is 99.3 Å². The van der Waals surface area contributed by atoms with E-state index in [1.165, 1.54) is 0 Å². The van der Waals surface area contributed by atoms with Gasteiger partial charge >= 0.3 is 0 Å². The minimum absolute atomic E-state index is 0.148. The summed E-state index contributed by atoms with van der Waals surface area (Å²) >= 11 is 3.42. The van der Waals surface area contributed by atoms with Gasteiger partial charge in [0.2, 0.25) is 0 Å². The van der Waals surface area contributed by atoms with Crippen LogP contribution in [0.15, 0.2) is 16.7 Å². The first-order valence-electron chi connectivity index (χ1n) is 5.06. The quantitative estimate of drug-likeness (QED) is 0.914. The molecule has 1 rings (SSSR count). The summed E-state index contributed by atoms with van der Waals surface area (Å²) in [7, 11) is 0. The van der Waals surface area contributed by atoms with Gasteiger partial charge in [-0.3, -0.25) is 0 Å². The monoisotopic (exact) mass is 272 g/mol. The Hall–Kier alpha value is -0.610. The number of rotatable bonds is 4. The highest BCUT2D eigenvalue weighted by Crippen LogP contribution is 2.21. The fourth-order valence-electron chi connectivity index (χ4n) is 1.43. The maximum atomic E-state index is 8.99. The second-order valence-electron chi connectivity index (χ2n) is 3.80. The third-order valence-corrected chi connectivity index (χ3v) is 3.12. The van der Waals surface area contributed by atoms with Gasteiger partial charge in [-0.2, -0.15) is 0 Å². The second kappa shape index (κ2) is 5.47.